The van der Waals surface area contributed by atoms with Gasteiger partial charge in [0.25, 0.3) is 0 Å². The molecule has 0 spiro atoms. The van der Waals surface area contributed by atoms with E-state index in [-0.39, 0.29) is 38.8 Å². The third kappa shape index (κ3) is 6.19. The first kappa shape index (κ1) is 17.5. The van der Waals surface area contributed by atoms with Crippen LogP contribution in [0.4, 0.5) is 18.0 Å². The maximum absolute atomic E-state index is 12.7. The number of hydrogen-bond donors (Lipinski definition) is 4. The summed E-state index contributed by atoms with van der Waals surface area (Å²) in [5.74, 6) is -2.64. The quantitative estimate of drug-likeness (QED) is 0.614. The Morgan fingerprint density at radius 1 is 1.29 bits per heavy atom. The maximum atomic E-state index is 12.7. The van der Waals surface area contributed by atoms with Gasteiger partial charge in [0.2, 0.25) is 0 Å². The summed E-state index contributed by atoms with van der Waals surface area (Å²) in [5.41, 5.74) is -1.58. The monoisotopic (exact) mass is 312 g/mol. The molecule has 0 heterocycles. The fraction of sp³-hybridized carbons (Fsp3) is 0.833. The molecule has 2 unspecified atom stereocenters. The lowest BCUT2D eigenvalue weighted by Crippen LogP contribution is -2.50. The van der Waals surface area contributed by atoms with Crippen molar-refractivity contribution in [2.45, 2.75) is 43.9 Å². The zero-order valence-corrected chi connectivity index (χ0v) is 11.4. The van der Waals surface area contributed by atoms with E-state index in [1.807, 2.05) is 0 Å². The van der Waals surface area contributed by atoms with Crippen LogP contribution in [0.3, 0.4) is 0 Å². The van der Waals surface area contributed by atoms with Crippen LogP contribution in [0.1, 0.15) is 32.1 Å². The summed E-state index contributed by atoms with van der Waals surface area (Å²) in [6.07, 6.45) is -4.63. The number of amides is 2. The normalized spacial score (nSPS) is 26.2. The molecule has 0 aliphatic heterocycles. The largest absolute Gasteiger partial charge is 0.481 e. The van der Waals surface area contributed by atoms with Crippen LogP contribution in [0.2, 0.25) is 0 Å². The van der Waals surface area contributed by atoms with Gasteiger partial charge in [-0.1, -0.05) is 0 Å². The van der Waals surface area contributed by atoms with E-state index in [4.69, 9.17) is 5.11 Å². The number of aliphatic carboxylic acids is 1. The molecule has 1 rings (SSSR count). The average molecular weight is 312 g/mol. The molecule has 6 nitrogen and oxygen atoms in total. The molecule has 0 radical (unpaired) electrons. The number of carbonyl (C=O) groups is 2. The molecule has 9 heteroatoms. The third-order valence-corrected chi connectivity index (χ3v) is 3.49. The Balaban J connectivity index is 2.39. The lowest BCUT2D eigenvalue weighted by atomic mass is 9.77. The summed E-state index contributed by atoms with van der Waals surface area (Å²) in [6.45, 7) is -0.386. The Kier molecular flexibility index (Phi) is 5.82. The molecule has 0 aromatic heterocycles. The Labute approximate surface area is 119 Å². The maximum Gasteiger partial charge on any atom is 0.391 e. The van der Waals surface area contributed by atoms with Gasteiger partial charge < -0.3 is 20.8 Å². The summed E-state index contributed by atoms with van der Waals surface area (Å²) in [6, 6.07) is -0.709. The zero-order chi connectivity index (χ0) is 16.1. The molecular formula is C12H19F3N2O4. The number of aliphatic hydroxyl groups is 1. The number of carbonyl (C=O) groups excluding carboxylic acids is 1. The highest BCUT2D eigenvalue weighted by molar-refractivity contribution is 5.75. The minimum Gasteiger partial charge on any atom is -0.481 e. The van der Waals surface area contributed by atoms with Crippen molar-refractivity contribution in [2.75, 3.05) is 13.1 Å². The van der Waals surface area contributed by atoms with E-state index in [0.717, 1.165) is 0 Å². The molecule has 1 fully saturated rings. The zero-order valence-electron chi connectivity index (χ0n) is 11.4. The van der Waals surface area contributed by atoms with Gasteiger partial charge in [-0.15, -0.1) is 0 Å². The molecule has 1 saturated carbocycles. The van der Waals surface area contributed by atoms with Gasteiger partial charge in [-0.25, -0.2) is 4.79 Å². The first-order chi connectivity index (χ1) is 9.62. The highest BCUT2D eigenvalue weighted by Crippen LogP contribution is 2.41. The SMILES string of the molecule is O=C(O)CCNC(=O)NCC1(O)CCCC(C(F)(F)F)C1. The third-order valence-electron chi connectivity index (χ3n) is 3.49. The number of hydrogen-bond acceptors (Lipinski definition) is 3. The second-order valence-corrected chi connectivity index (χ2v) is 5.31. The van der Waals surface area contributed by atoms with Gasteiger partial charge in [-0.2, -0.15) is 13.2 Å². The Morgan fingerprint density at radius 3 is 2.52 bits per heavy atom. The van der Waals surface area contributed by atoms with Gasteiger partial charge in [0.1, 0.15) is 0 Å². The Bertz CT molecular complexity index is 389. The van der Waals surface area contributed by atoms with Crippen LogP contribution < -0.4 is 10.6 Å². The molecule has 2 amide bonds. The van der Waals surface area contributed by atoms with Gasteiger partial charge in [0.05, 0.1) is 17.9 Å². The number of urea groups is 1. The standard InChI is InChI=1S/C12H19F3N2O4/c13-12(14,15)8-2-1-4-11(21,6-8)7-17-10(20)16-5-3-9(18)19/h8,21H,1-7H2,(H,18,19)(H2,16,17,20). The van der Waals surface area contributed by atoms with Crippen LogP contribution in [0.25, 0.3) is 0 Å². The van der Waals surface area contributed by atoms with Gasteiger partial charge in [-0.3, -0.25) is 4.79 Å². The van der Waals surface area contributed by atoms with Gasteiger partial charge in [0.15, 0.2) is 0 Å². The number of halogens is 3. The van der Waals surface area contributed by atoms with Gasteiger partial charge in [-0.05, 0) is 25.7 Å². The van der Waals surface area contributed by atoms with Crippen molar-refractivity contribution in [3.05, 3.63) is 0 Å². The number of alkyl halides is 3. The smallest absolute Gasteiger partial charge is 0.391 e. The van der Waals surface area contributed by atoms with E-state index in [2.05, 4.69) is 10.6 Å². The second kappa shape index (κ2) is 6.97. The molecule has 122 valence electrons. The number of carboxylic acid groups (broad SMARTS) is 1. The molecular weight excluding hydrogens is 293 g/mol. The van der Waals surface area contributed by atoms with Crippen LogP contribution >= 0.6 is 0 Å². The minimum atomic E-state index is -4.35. The van der Waals surface area contributed by atoms with Crippen molar-refractivity contribution in [2.24, 2.45) is 5.92 Å². The molecule has 1 aliphatic rings. The van der Waals surface area contributed by atoms with Crippen LogP contribution in [-0.4, -0.2) is 47.1 Å². The predicted molar refractivity (Wildman–Crippen MR) is 66.6 cm³/mol. The highest BCUT2D eigenvalue weighted by Gasteiger charge is 2.46. The number of carboxylic acids is 1. The lowest BCUT2D eigenvalue weighted by molar-refractivity contribution is -0.199. The van der Waals surface area contributed by atoms with Crippen LogP contribution in [0.5, 0.6) is 0 Å². The molecule has 0 bridgehead atoms. The fourth-order valence-electron chi connectivity index (χ4n) is 2.37. The van der Waals surface area contributed by atoms with Gasteiger partial charge in [0, 0.05) is 13.1 Å². The van der Waals surface area contributed by atoms with Crippen molar-refractivity contribution in [3.8, 4) is 0 Å². The van der Waals surface area contributed by atoms with E-state index >= 15 is 0 Å². The highest BCUT2D eigenvalue weighted by atomic mass is 19.4. The summed E-state index contributed by atoms with van der Waals surface area (Å²) < 4.78 is 38.0. The first-order valence-electron chi connectivity index (χ1n) is 6.65. The first-order valence-corrected chi connectivity index (χ1v) is 6.65. The number of nitrogens with one attached hydrogen (secondary N) is 2. The summed E-state index contributed by atoms with van der Waals surface area (Å²) in [7, 11) is 0. The van der Waals surface area contributed by atoms with Crippen LogP contribution in [0.15, 0.2) is 0 Å². The van der Waals surface area contributed by atoms with E-state index in [1.165, 1.54) is 0 Å². The van der Waals surface area contributed by atoms with E-state index in [0.29, 0.717) is 0 Å². The summed E-state index contributed by atoms with van der Waals surface area (Å²) in [5, 5.41) is 23.0. The molecule has 21 heavy (non-hydrogen) atoms. The van der Waals surface area contributed by atoms with Crippen molar-refractivity contribution in [1.82, 2.24) is 10.6 Å². The molecule has 4 N–H and O–H groups in total. The van der Waals surface area contributed by atoms with Crippen molar-refractivity contribution >= 4 is 12.0 Å². The van der Waals surface area contributed by atoms with Crippen molar-refractivity contribution < 1.29 is 33.0 Å². The summed E-state index contributed by atoms with van der Waals surface area (Å²) >= 11 is 0. The Hall–Kier alpha value is -1.51. The van der Waals surface area contributed by atoms with E-state index < -0.39 is 36.1 Å². The second-order valence-electron chi connectivity index (χ2n) is 5.31. The molecule has 0 aromatic rings. The van der Waals surface area contributed by atoms with Crippen molar-refractivity contribution in [1.29, 1.82) is 0 Å². The number of rotatable bonds is 5. The topological polar surface area (TPSA) is 98.7 Å². The van der Waals surface area contributed by atoms with Crippen LogP contribution in [-0.2, 0) is 4.79 Å². The molecule has 2 atom stereocenters. The lowest BCUT2D eigenvalue weighted by Gasteiger charge is -2.37. The van der Waals surface area contributed by atoms with E-state index in [9.17, 15) is 27.9 Å². The average Bonchev–Trinajstić information content (AvgIpc) is 2.35. The molecule has 0 aromatic carbocycles. The van der Waals surface area contributed by atoms with E-state index in [1.54, 1.807) is 0 Å². The molecule has 0 saturated heterocycles. The predicted octanol–water partition coefficient (Wildman–Crippen LogP) is 1.24. The Morgan fingerprint density at radius 2 is 1.95 bits per heavy atom. The van der Waals surface area contributed by atoms with Gasteiger partial charge >= 0.3 is 18.2 Å². The van der Waals surface area contributed by atoms with Crippen LogP contribution in [0, 0.1) is 5.92 Å². The summed E-state index contributed by atoms with van der Waals surface area (Å²) in [4.78, 5) is 21.6. The minimum absolute atomic E-state index is 0.0172. The fourth-order valence-corrected chi connectivity index (χ4v) is 2.37. The molecule has 1 aliphatic carbocycles. The van der Waals surface area contributed by atoms with Crippen molar-refractivity contribution in [3.63, 3.8) is 0 Å².